The molecule has 28 heavy (non-hydrogen) atoms. The van der Waals surface area contributed by atoms with E-state index in [-0.39, 0.29) is 44.8 Å². The summed E-state index contributed by atoms with van der Waals surface area (Å²) in [6, 6.07) is 0. The molecule has 1 aliphatic heterocycles. The van der Waals surface area contributed by atoms with Crippen LogP contribution in [0.5, 0.6) is 0 Å². The zero-order valence-electron chi connectivity index (χ0n) is 16.3. The first-order chi connectivity index (χ1) is 13.1. The maximum atomic E-state index is 11.2. The second kappa shape index (κ2) is 13.6. The lowest BCUT2D eigenvalue weighted by molar-refractivity contribution is -0.143. The predicted octanol–water partition coefficient (Wildman–Crippen LogP) is -0.467. The number of carbonyl (C=O) groups is 4. The van der Waals surface area contributed by atoms with E-state index in [2.05, 4.69) is 5.32 Å². The van der Waals surface area contributed by atoms with Crippen molar-refractivity contribution >= 4 is 23.9 Å². The summed E-state index contributed by atoms with van der Waals surface area (Å²) < 4.78 is 14.9. The number of rotatable bonds is 10. The van der Waals surface area contributed by atoms with Gasteiger partial charge in [0.2, 0.25) is 0 Å². The van der Waals surface area contributed by atoms with Crippen molar-refractivity contribution in [3.63, 3.8) is 0 Å². The van der Waals surface area contributed by atoms with Gasteiger partial charge in [0.05, 0.1) is 33.0 Å². The molecule has 0 unspecified atom stereocenters. The third kappa shape index (κ3) is 13.7. The molecule has 1 aliphatic rings. The number of aliphatic hydroxyl groups excluding tert-OH is 1. The molecule has 0 saturated heterocycles. The van der Waals surface area contributed by atoms with Gasteiger partial charge in [0.25, 0.3) is 11.8 Å². The zero-order valence-corrected chi connectivity index (χ0v) is 16.3. The number of nitrogens with one attached hydrogen (secondary N) is 1. The largest absolute Gasteiger partial charge is 0.480 e. The molecule has 0 aromatic rings. The van der Waals surface area contributed by atoms with Crippen LogP contribution in [0.15, 0.2) is 12.2 Å². The Bertz CT molecular complexity index is 537. The molecule has 0 aromatic heterocycles. The number of carboxylic acids is 1. The van der Waals surface area contributed by atoms with Crippen LogP contribution in [0.25, 0.3) is 0 Å². The molecule has 0 aliphatic carbocycles. The molecular weight excluding hydrogens is 376 g/mol. The standard InChI is InChI=1S/C11H21NO6.C6H7NO3/c1-11(2,3)18-10(15)12-4-5-16-6-7-17-8-9(13)14;8-4-3-7-5(9)1-2-6(7)10/h4-8H2,1-3H3,(H,12,15)(H,13,14);1-2,8H,3-4H2. The SMILES string of the molecule is CC(C)(C)OC(=O)NCCOCCOCC(=O)O.O=C1C=CC(=O)N1CCO. The van der Waals surface area contributed by atoms with E-state index >= 15 is 0 Å². The van der Waals surface area contributed by atoms with Crippen LogP contribution in [0, 0.1) is 0 Å². The number of hydrogen-bond donors (Lipinski definition) is 3. The van der Waals surface area contributed by atoms with Crippen molar-refractivity contribution in [1.82, 2.24) is 10.2 Å². The van der Waals surface area contributed by atoms with Crippen molar-refractivity contribution in [2.75, 3.05) is 46.1 Å². The second-order valence-electron chi connectivity index (χ2n) is 6.37. The van der Waals surface area contributed by atoms with Gasteiger partial charge in [-0.3, -0.25) is 14.5 Å². The van der Waals surface area contributed by atoms with Gasteiger partial charge in [-0.2, -0.15) is 0 Å². The molecule has 0 saturated carbocycles. The molecule has 0 spiro atoms. The topological polar surface area (TPSA) is 152 Å². The molecule has 3 N–H and O–H groups in total. The summed E-state index contributed by atoms with van der Waals surface area (Å²) >= 11 is 0. The third-order valence-corrected chi connectivity index (χ3v) is 2.74. The summed E-state index contributed by atoms with van der Waals surface area (Å²) in [7, 11) is 0. The summed E-state index contributed by atoms with van der Waals surface area (Å²) in [6.45, 7) is 6.05. The maximum absolute atomic E-state index is 11.2. The highest BCUT2D eigenvalue weighted by Crippen LogP contribution is 2.06. The Morgan fingerprint density at radius 2 is 1.64 bits per heavy atom. The van der Waals surface area contributed by atoms with Gasteiger partial charge in [-0.15, -0.1) is 0 Å². The summed E-state index contributed by atoms with van der Waals surface area (Å²) in [5.41, 5.74) is -0.518. The second-order valence-corrected chi connectivity index (χ2v) is 6.37. The Labute approximate surface area is 163 Å². The van der Waals surface area contributed by atoms with Crippen molar-refractivity contribution in [2.45, 2.75) is 26.4 Å². The number of aliphatic carboxylic acids is 1. The van der Waals surface area contributed by atoms with E-state index in [4.69, 9.17) is 24.4 Å². The molecule has 0 radical (unpaired) electrons. The maximum Gasteiger partial charge on any atom is 0.407 e. The normalized spacial score (nSPS) is 13.2. The molecule has 0 fully saturated rings. The lowest BCUT2D eigenvalue weighted by atomic mass is 10.2. The van der Waals surface area contributed by atoms with Gasteiger partial charge < -0.3 is 29.7 Å². The van der Waals surface area contributed by atoms with Gasteiger partial charge in [0.15, 0.2) is 0 Å². The van der Waals surface area contributed by atoms with Crippen molar-refractivity contribution in [2.24, 2.45) is 0 Å². The Kier molecular flexibility index (Phi) is 12.4. The molecule has 0 aromatic carbocycles. The number of nitrogens with zero attached hydrogens (tertiary/aromatic N) is 1. The Hall–Kier alpha value is -2.50. The molecule has 1 rings (SSSR count). The van der Waals surface area contributed by atoms with Crippen LogP contribution < -0.4 is 5.32 Å². The van der Waals surface area contributed by atoms with Gasteiger partial charge in [-0.25, -0.2) is 9.59 Å². The fourth-order valence-electron chi connectivity index (χ4n) is 1.67. The summed E-state index contributed by atoms with van der Waals surface area (Å²) in [5.74, 6) is -1.71. The number of alkyl carbamates (subject to hydrolysis) is 1. The number of β-amino-alcohol motifs (C(OH)–C–C–N with tert-alkyl or cyclic N) is 1. The lowest BCUT2D eigenvalue weighted by Crippen LogP contribution is -2.34. The van der Waals surface area contributed by atoms with Gasteiger partial charge in [0, 0.05) is 18.7 Å². The molecule has 11 heteroatoms. The van der Waals surface area contributed by atoms with Crippen molar-refractivity contribution in [3.8, 4) is 0 Å². The predicted molar refractivity (Wildman–Crippen MR) is 96.5 cm³/mol. The number of carbonyl (C=O) groups excluding carboxylic acids is 3. The average Bonchev–Trinajstić information content (AvgIpc) is 2.88. The number of aliphatic hydroxyl groups is 1. The first-order valence-corrected chi connectivity index (χ1v) is 8.55. The minimum atomic E-state index is -1.01. The number of amides is 3. The van der Waals surface area contributed by atoms with Crippen LogP contribution in [0.3, 0.4) is 0 Å². The third-order valence-electron chi connectivity index (χ3n) is 2.74. The van der Waals surface area contributed by atoms with Gasteiger partial charge >= 0.3 is 12.1 Å². The van der Waals surface area contributed by atoms with Crippen LogP contribution in [0.2, 0.25) is 0 Å². The summed E-state index contributed by atoms with van der Waals surface area (Å²) in [6.07, 6.45) is 1.89. The fourth-order valence-corrected chi connectivity index (χ4v) is 1.67. The van der Waals surface area contributed by atoms with Crippen LogP contribution in [0.1, 0.15) is 20.8 Å². The Morgan fingerprint density at radius 1 is 1.07 bits per heavy atom. The minimum absolute atomic E-state index is 0.0880. The van der Waals surface area contributed by atoms with E-state index < -0.39 is 17.7 Å². The smallest absolute Gasteiger partial charge is 0.407 e. The summed E-state index contributed by atoms with van der Waals surface area (Å²) in [5, 5.41) is 19.2. The molecule has 0 atom stereocenters. The number of carboxylic acid groups (broad SMARTS) is 1. The zero-order chi connectivity index (χ0) is 21.6. The van der Waals surface area contributed by atoms with Crippen molar-refractivity contribution < 1.29 is 43.6 Å². The van der Waals surface area contributed by atoms with E-state index in [0.717, 1.165) is 4.90 Å². The monoisotopic (exact) mass is 404 g/mol. The van der Waals surface area contributed by atoms with Crippen molar-refractivity contribution in [1.29, 1.82) is 0 Å². The van der Waals surface area contributed by atoms with Crippen LogP contribution in [-0.2, 0) is 28.6 Å². The molecule has 3 amide bonds. The molecule has 1 heterocycles. The number of ether oxygens (including phenoxy) is 3. The Morgan fingerprint density at radius 3 is 2.14 bits per heavy atom. The van der Waals surface area contributed by atoms with Gasteiger partial charge in [-0.05, 0) is 20.8 Å². The first-order valence-electron chi connectivity index (χ1n) is 8.55. The quantitative estimate of drug-likeness (QED) is 0.324. The molecule has 0 bridgehead atoms. The summed E-state index contributed by atoms with van der Waals surface area (Å²) in [4.78, 5) is 43.6. The average molecular weight is 404 g/mol. The van der Waals surface area contributed by atoms with Crippen LogP contribution in [-0.4, -0.2) is 90.7 Å². The van der Waals surface area contributed by atoms with E-state index in [1.54, 1.807) is 20.8 Å². The molecule has 11 nitrogen and oxygen atoms in total. The molecular formula is C17H28N2O9. The van der Waals surface area contributed by atoms with E-state index in [1.165, 1.54) is 12.2 Å². The number of imide groups is 1. The van der Waals surface area contributed by atoms with Gasteiger partial charge in [0.1, 0.15) is 12.2 Å². The van der Waals surface area contributed by atoms with E-state index in [0.29, 0.717) is 13.2 Å². The van der Waals surface area contributed by atoms with E-state index in [9.17, 15) is 19.2 Å². The van der Waals surface area contributed by atoms with Crippen molar-refractivity contribution in [3.05, 3.63) is 12.2 Å². The lowest BCUT2D eigenvalue weighted by Gasteiger charge is -2.19. The van der Waals surface area contributed by atoms with Crippen LogP contribution in [0.4, 0.5) is 4.79 Å². The first kappa shape index (κ1) is 25.5. The van der Waals surface area contributed by atoms with Crippen LogP contribution >= 0.6 is 0 Å². The highest BCUT2D eigenvalue weighted by atomic mass is 16.6. The Balaban J connectivity index is 0.000000609. The fraction of sp³-hybridized carbons (Fsp3) is 0.647. The minimum Gasteiger partial charge on any atom is -0.480 e. The highest BCUT2D eigenvalue weighted by Gasteiger charge is 2.21. The molecule has 160 valence electrons. The highest BCUT2D eigenvalue weighted by molar-refractivity contribution is 6.12. The number of hydrogen-bond acceptors (Lipinski definition) is 8. The van der Waals surface area contributed by atoms with E-state index in [1.807, 2.05) is 0 Å². The van der Waals surface area contributed by atoms with Gasteiger partial charge in [-0.1, -0.05) is 0 Å².